The van der Waals surface area contributed by atoms with Gasteiger partial charge in [-0.1, -0.05) is 31.8 Å². The van der Waals surface area contributed by atoms with Crippen LogP contribution in [0.2, 0.25) is 0 Å². The molecule has 2 rings (SSSR count). The van der Waals surface area contributed by atoms with Gasteiger partial charge in [0.05, 0.1) is 11.0 Å². The number of nitrogens with one attached hydrogen (secondary N) is 1. The van der Waals surface area contributed by atoms with Crippen molar-refractivity contribution in [2.45, 2.75) is 58.2 Å². The number of nitrogens with zero attached hydrogens (tertiary/aromatic N) is 2. The van der Waals surface area contributed by atoms with E-state index in [1.165, 1.54) is 24.6 Å². The maximum atomic E-state index is 12.1. The first-order valence-corrected chi connectivity index (χ1v) is 8.73. The fraction of sp³-hybridized carbons (Fsp3) is 0.800. The Labute approximate surface area is 130 Å². The van der Waals surface area contributed by atoms with Crippen LogP contribution in [0.25, 0.3) is 0 Å². The first kappa shape index (κ1) is 16.3. The van der Waals surface area contributed by atoms with Gasteiger partial charge in [-0.3, -0.25) is 4.79 Å². The molecular weight excluding hydrogens is 286 g/mol. The largest absolute Gasteiger partial charge is 0.352 e. The minimum Gasteiger partial charge on any atom is -0.352 e. The fourth-order valence-electron chi connectivity index (χ4n) is 2.78. The highest BCUT2D eigenvalue weighted by atomic mass is 32.2. The van der Waals surface area contributed by atoms with Crippen molar-refractivity contribution in [1.82, 2.24) is 15.5 Å². The molecule has 0 radical (unpaired) electrons. The van der Waals surface area contributed by atoms with E-state index < -0.39 is 0 Å². The predicted molar refractivity (Wildman–Crippen MR) is 84.0 cm³/mol. The SMILES string of the molecule is Cc1noc([C@H](C)SCC(=O)N[C@@H]2CCC[C@@H](C)[C@H]2C)n1. The van der Waals surface area contributed by atoms with Crippen molar-refractivity contribution in [2.75, 3.05) is 5.75 Å². The molecule has 1 N–H and O–H groups in total. The van der Waals surface area contributed by atoms with Crippen LogP contribution >= 0.6 is 11.8 Å². The summed E-state index contributed by atoms with van der Waals surface area (Å²) >= 11 is 1.53. The van der Waals surface area contributed by atoms with Gasteiger partial charge >= 0.3 is 0 Å². The van der Waals surface area contributed by atoms with Crippen LogP contribution < -0.4 is 5.32 Å². The number of amides is 1. The van der Waals surface area contributed by atoms with Crippen LogP contribution in [0, 0.1) is 18.8 Å². The van der Waals surface area contributed by atoms with E-state index in [1.807, 2.05) is 6.92 Å². The van der Waals surface area contributed by atoms with Gasteiger partial charge in [-0.05, 0) is 32.1 Å². The zero-order chi connectivity index (χ0) is 15.4. The average Bonchev–Trinajstić information content (AvgIpc) is 2.88. The molecule has 1 amide bonds. The van der Waals surface area contributed by atoms with E-state index in [1.54, 1.807) is 6.92 Å². The highest BCUT2D eigenvalue weighted by Gasteiger charge is 2.28. The summed E-state index contributed by atoms with van der Waals surface area (Å²) in [6.45, 7) is 8.29. The van der Waals surface area contributed by atoms with Crippen molar-refractivity contribution in [1.29, 1.82) is 0 Å². The van der Waals surface area contributed by atoms with Gasteiger partial charge in [-0.2, -0.15) is 4.98 Å². The monoisotopic (exact) mass is 311 g/mol. The van der Waals surface area contributed by atoms with E-state index in [2.05, 4.69) is 29.3 Å². The number of hydrogen-bond donors (Lipinski definition) is 1. The molecule has 0 aromatic carbocycles. The van der Waals surface area contributed by atoms with Crippen LogP contribution in [-0.4, -0.2) is 27.8 Å². The zero-order valence-corrected chi connectivity index (χ0v) is 14.1. The Morgan fingerprint density at radius 2 is 2.24 bits per heavy atom. The number of carbonyl (C=O) groups excluding carboxylic acids is 1. The number of carbonyl (C=O) groups is 1. The van der Waals surface area contributed by atoms with Crippen LogP contribution in [0.3, 0.4) is 0 Å². The molecular formula is C15H25N3O2S. The summed E-state index contributed by atoms with van der Waals surface area (Å²) in [5, 5.41) is 7.00. The van der Waals surface area contributed by atoms with Crippen LogP contribution in [-0.2, 0) is 4.79 Å². The van der Waals surface area contributed by atoms with Crippen LogP contribution in [0.4, 0.5) is 0 Å². The Morgan fingerprint density at radius 3 is 2.90 bits per heavy atom. The second-order valence-corrected chi connectivity index (χ2v) is 7.40. The number of rotatable bonds is 5. The van der Waals surface area contributed by atoms with Crippen LogP contribution in [0.15, 0.2) is 4.52 Å². The molecule has 0 spiro atoms. The van der Waals surface area contributed by atoms with Crippen LogP contribution in [0.1, 0.15) is 57.0 Å². The lowest BCUT2D eigenvalue weighted by Gasteiger charge is -2.34. The summed E-state index contributed by atoms with van der Waals surface area (Å²) in [5.41, 5.74) is 0. The fourth-order valence-corrected chi connectivity index (χ4v) is 3.51. The lowest BCUT2D eigenvalue weighted by Crippen LogP contribution is -2.44. The van der Waals surface area contributed by atoms with E-state index in [4.69, 9.17) is 4.52 Å². The summed E-state index contributed by atoms with van der Waals surface area (Å²) in [6.07, 6.45) is 3.58. The van der Waals surface area contributed by atoms with Gasteiger partial charge in [0.1, 0.15) is 0 Å². The van der Waals surface area contributed by atoms with Crippen molar-refractivity contribution in [3.63, 3.8) is 0 Å². The average molecular weight is 311 g/mol. The molecule has 1 aliphatic carbocycles. The molecule has 1 heterocycles. The minimum absolute atomic E-state index is 0.0413. The van der Waals surface area contributed by atoms with E-state index >= 15 is 0 Å². The molecule has 6 heteroatoms. The number of aryl methyl sites for hydroxylation is 1. The summed E-state index contributed by atoms with van der Waals surface area (Å²) < 4.78 is 5.13. The standard InChI is InChI=1S/C15H25N3O2S/c1-9-6-5-7-13(10(9)2)17-14(19)8-21-11(3)15-16-12(4)18-20-15/h9-11,13H,5-8H2,1-4H3,(H,17,19)/t9-,10-,11+,13-/m1/s1. The third kappa shape index (κ3) is 4.46. The first-order chi connectivity index (χ1) is 9.97. The summed E-state index contributed by atoms with van der Waals surface area (Å²) in [6, 6.07) is 0.322. The van der Waals surface area contributed by atoms with E-state index in [-0.39, 0.29) is 11.2 Å². The molecule has 1 saturated carbocycles. The van der Waals surface area contributed by atoms with Crippen molar-refractivity contribution in [3.05, 3.63) is 11.7 Å². The van der Waals surface area contributed by atoms with Crippen molar-refractivity contribution in [2.24, 2.45) is 11.8 Å². The summed E-state index contributed by atoms with van der Waals surface area (Å²) in [5.74, 6) is 3.01. The Kier molecular flexibility index (Phi) is 5.67. The smallest absolute Gasteiger partial charge is 0.239 e. The second kappa shape index (κ2) is 7.29. The Hall–Kier alpha value is -1.04. The van der Waals surface area contributed by atoms with Gasteiger partial charge in [-0.15, -0.1) is 11.8 Å². The van der Waals surface area contributed by atoms with Crippen LogP contribution in [0.5, 0.6) is 0 Å². The molecule has 5 nitrogen and oxygen atoms in total. The van der Waals surface area contributed by atoms with Gasteiger partial charge < -0.3 is 9.84 Å². The molecule has 118 valence electrons. The number of aromatic nitrogens is 2. The maximum absolute atomic E-state index is 12.1. The topological polar surface area (TPSA) is 68.0 Å². The molecule has 21 heavy (non-hydrogen) atoms. The lowest BCUT2D eigenvalue weighted by atomic mass is 9.78. The molecule has 1 aromatic heterocycles. The first-order valence-electron chi connectivity index (χ1n) is 7.68. The van der Waals surface area contributed by atoms with Crippen molar-refractivity contribution >= 4 is 17.7 Å². The highest BCUT2D eigenvalue weighted by Crippen LogP contribution is 2.30. The van der Waals surface area contributed by atoms with Crippen molar-refractivity contribution in [3.8, 4) is 0 Å². The Bertz CT molecular complexity index is 477. The Morgan fingerprint density at radius 1 is 1.48 bits per heavy atom. The molecule has 4 atom stereocenters. The molecule has 0 bridgehead atoms. The molecule has 0 unspecified atom stereocenters. The minimum atomic E-state index is 0.0413. The quantitative estimate of drug-likeness (QED) is 0.905. The highest BCUT2D eigenvalue weighted by molar-refractivity contribution is 8.00. The third-order valence-corrected chi connectivity index (χ3v) is 5.54. The molecule has 1 aliphatic rings. The van der Waals surface area contributed by atoms with Crippen molar-refractivity contribution < 1.29 is 9.32 Å². The summed E-state index contributed by atoms with van der Waals surface area (Å²) in [4.78, 5) is 16.3. The third-order valence-electron chi connectivity index (χ3n) is 4.41. The molecule has 0 aliphatic heterocycles. The number of hydrogen-bond acceptors (Lipinski definition) is 5. The van der Waals surface area contributed by atoms with Gasteiger partial charge in [0.2, 0.25) is 11.8 Å². The molecule has 0 saturated heterocycles. The molecule has 1 fully saturated rings. The summed E-state index contributed by atoms with van der Waals surface area (Å²) in [7, 11) is 0. The number of thioether (sulfide) groups is 1. The van der Waals surface area contributed by atoms with E-state index in [9.17, 15) is 4.79 Å². The lowest BCUT2D eigenvalue weighted by molar-refractivity contribution is -0.120. The predicted octanol–water partition coefficient (Wildman–Crippen LogP) is 3.11. The maximum Gasteiger partial charge on any atom is 0.239 e. The Balaban J connectivity index is 1.77. The normalized spacial score (nSPS) is 27.3. The van der Waals surface area contributed by atoms with E-state index in [0.717, 1.165) is 6.42 Å². The second-order valence-electron chi connectivity index (χ2n) is 6.07. The van der Waals surface area contributed by atoms with E-state index in [0.29, 0.717) is 35.3 Å². The zero-order valence-electron chi connectivity index (χ0n) is 13.3. The van der Waals surface area contributed by atoms with Gasteiger partial charge in [0, 0.05) is 6.04 Å². The van der Waals surface area contributed by atoms with Gasteiger partial charge in [-0.25, -0.2) is 0 Å². The van der Waals surface area contributed by atoms with Gasteiger partial charge in [0.25, 0.3) is 0 Å². The molecule has 1 aromatic rings. The van der Waals surface area contributed by atoms with Gasteiger partial charge in [0.15, 0.2) is 5.82 Å².